The van der Waals surface area contributed by atoms with Crippen molar-refractivity contribution in [2.75, 3.05) is 32.7 Å². The molecule has 0 aromatic heterocycles. The van der Waals surface area contributed by atoms with Crippen molar-refractivity contribution < 1.29 is 9.59 Å². The quantitative estimate of drug-likeness (QED) is 0.870. The van der Waals surface area contributed by atoms with Crippen LogP contribution in [0.15, 0.2) is 48.5 Å². The number of primary amides is 1. The van der Waals surface area contributed by atoms with Gasteiger partial charge in [0, 0.05) is 32.7 Å². The van der Waals surface area contributed by atoms with Crippen molar-refractivity contribution in [1.29, 1.82) is 0 Å². The maximum Gasteiger partial charge on any atom is 0.254 e. The molecule has 2 N–H and O–H groups in total. The Hall–Kier alpha value is -2.66. The highest BCUT2D eigenvalue weighted by atomic mass is 16.2. The van der Waals surface area contributed by atoms with E-state index in [4.69, 9.17) is 5.73 Å². The Balaban J connectivity index is 1.38. The number of rotatable bonds is 5. The first-order valence-electron chi connectivity index (χ1n) is 9.98. The van der Waals surface area contributed by atoms with Crippen LogP contribution in [-0.2, 0) is 6.42 Å². The van der Waals surface area contributed by atoms with Crippen LogP contribution in [0.1, 0.15) is 31.8 Å². The second-order valence-corrected chi connectivity index (χ2v) is 8.09. The van der Waals surface area contributed by atoms with Crippen molar-refractivity contribution in [3.63, 3.8) is 0 Å². The Morgan fingerprint density at radius 1 is 0.964 bits per heavy atom. The van der Waals surface area contributed by atoms with Crippen molar-refractivity contribution >= 4 is 11.8 Å². The zero-order chi connectivity index (χ0) is 19.7. The highest BCUT2D eigenvalue weighted by molar-refractivity contribution is 6.07. The molecule has 0 aliphatic carbocycles. The minimum absolute atomic E-state index is 0.0582. The lowest BCUT2D eigenvalue weighted by Gasteiger charge is -2.23. The monoisotopic (exact) mass is 377 g/mol. The Bertz CT molecular complexity index is 867. The van der Waals surface area contributed by atoms with Crippen molar-refractivity contribution in [2.45, 2.75) is 13.3 Å². The fourth-order valence-corrected chi connectivity index (χ4v) is 4.69. The molecule has 0 bridgehead atoms. The number of hydrogen-bond acceptors (Lipinski definition) is 3. The van der Waals surface area contributed by atoms with Gasteiger partial charge in [-0.05, 0) is 42.4 Å². The molecule has 2 aliphatic rings. The maximum atomic E-state index is 13.1. The number of amides is 2. The van der Waals surface area contributed by atoms with Gasteiger partial charge in [-0.1, -0.05) is 42.5 Å². The van der Waals surface area contributed by atoms with Gasteiger partial charge in [-0.3, -0.25) is 9.59 Å². The van der Waals surface area contributed by atoms with Gasteiger partial charge in [-0.25, -0.2) is 0 Å². The number of fused-ring (bicyclic) bond motifs is 1. The molecule has 146 valence electrons. The van der Waals surface area contributed by atoms with Gasteiger partial charge in [0.25, 0.3) is 5.91 Å². The molecule has 2 fully saturated rings. The van der Waals surface area contributed by atoms with Gasteiger partial charge >= 0.3 is 0 Å². The van der Waals surface area contributed by atoms with Gasteiger partial charge in [0.15, 0.2) is 0 Å². The first-order chi connectivity index (χ1) is 13.5. The standard InChI is InChI=1S/C23H27N3O2/c1-16-6-5-9-20(22(24)27)21(16)23(28)26-14-18-12-25(13-19(18)15-26)11-10-17-7-3-2-4-8-17/h2-9,18-19H,10-15H2,1H3,(H2,24,27)/t18-,19?/m1/s1. The second kappa shape index (κ2) is 7.76. The molecule has 0 radical (unpaired) electrons. The summed E-state index contributed by atoms with van der Waals surface area (Å²) in [5.74, 6) is 0.428. The fraction of sp³-hybridized carbons (Fsp3) is 0.391. The van der Waals surface area contributed by atoms with Crippen LogP contribution >= 0.6 is 0 Å². The molecule has 2 heterocycles. The fourth-order valence-electron chi connectivity index (χ4n) is 4.69. The summed E-state index contributed by atoms with van der Waals surface area (Å²) in [6.45, 7) is 6.53. The summed E-state index contributed by atoms with van der Waals surface area (Å²) in [5.41, 5.74) is 8.47. The minimum Gasteiger partial charge on any atom is -0.366 e. The molecular formula is C23H27N3O2. The molecular weight excluding hydrogens is 350 g/mol. The average Bonchev–Trinajstić information content (AvgIpc) is 3.25. The van der Waals surface area contributed by atoms with Crippen molar-refractivity contribution in [1.82, 2.24) is 9.80 Å². The molecule has 5 nitrogen and oxygen atoms in total. The summed E-state index contributed by atoms with van der Waals surface area (Å²) in [7, 11) is 0. The average molecular weight is 377 g/mol. The van der Waals surface area contributed by atoms with E-state index < -0.39 is 5.91 Å². The zero-order valence-electron chi connectivity index (χ0n) is 16.3. The van der Waals surface area contributed by atoms with E-state index in [0.717, 1.165) is 44.7 Å². The summed E-state index contributed by atoms with van der Waals surface area (Å²) in [6.07, 6.45) is 1.06. The molecule has 4 rings (SSSR count). The first-order valence-corrected chi connectivity index (χ1v) is 9.98. The lowest BCUT2D eigenvalue weighted by Crippen LogP contribution is -2.35. The lowest BCUT2D eigenvalue weighted by atomic mass is 10.00. The molecule has 28 heavy (non-hydrogen) atoms. The van der Waals surface area contributed by atoms with E-state index >= 15 is 0 Å². The van der Waals surface area contributed by atoms with Crippen LogP contribution in [0.5, 0.6) is 0 Å². The van der Waals surface area contributed by atoms with Crippen molar-refractivity contribution in [2.24, 2.45) is 17.6 Å². The molecule has 2 aromatic rings. The van der Waals surface area contributed by atoms with E-state index in [2.05, 4.69) is 29.2 Å². The Morgan fingerprint density at radius 3 is 2.29 bits per heavy atom. The van der Waals surface area contributed by atoms with Gasteiger partial charge in [-0.15, -0.1) is 0 Å². The Morgan fingerprint density at radius 2 is 1.64 bits per heavy atom. The zero-order valence-corrected chi connectivity index (χ0v) is 16.3. The first kappa shape index (κ1) is 18.7. The third-order valence-corrected chi connectivity index (χ3v) is 6.16. The Labute approximate surface area is 166 Å². The second-order valence-electron chi connectivity index (χ2n) is 8.09. The van der Waals surface area contributed by atoms with Gasteiger partial charge in [-0.2, -0.15) is 0 Å². The van der Waals surface area contributed by atoms with Crippen LogP contribution in [0.3, 0.4) is 0 Å². The summed E-state index contributed by atoms with van der Waals surface area (Å²) in [6, 6.07) is 15.9. The molecule has 2 saturated heterocycles. The third-order valence-electron chi connectivity index (χ3n) is 6.16. The smallest absolute Gasteiger partial charge is 0.254 e. The lowest BCUT2D eigenvalue weighted by molar-refractivity contribution is 0.0768. The minimum atomic E-state index is -0.543. The molecule has 2 amide bonds. The van der Waals surface area contributed by atoms with Crippen LogP contribution in [0, 0.1) is 18.8 Å². The van der Waals surface area contributed by atoms with E-state index in [9.17, 15) is 9.59 Å². The van der Waals surface area contributed by atoms with Crippen LogP contribution in [0.2, 0.25) is 0 Å². The van der Waals surface area contributed by atoms with Crippen LogP contribution in [0.4, 0.5) is 0 Å². The molecule has 2 aromatic carbocycles. The molecule has 0 spiro atoms. The molecule has 2 atom stereocenters. The number of carbonyl (C=O) groups excluding carboxylic acids is 2. The molecule has 1 unspecified atom stereocenters. The Kier molecular flexibility index (Phi) is 5.18. The SMILES string of the molecule is Cc1cccc(C(N)=O)c1C(=O)N1CC2CN(CCc3ccccc3)C[C@@H]2C1. The highest BCUT2D eigenvalue weighted by Gasteiger charge is 2.42. The van der Waals surface area contributed by atoms with Crippen molar-refractivity contribution in [3.05, 3.63) is 70.8 Å². The van der Waals surface area contributed by atoms with Crippen molar-refractivity contribution in [3.8, 4) is 0 Å². The van der Waals surface area contributed by atoms with Crippen LogP contribution in [-0.4, -0.2) is 54.3 Å². The summed E-state index contributed by atoms with van der Waals surface area (Å²) in [4.78, 5) is 29.3. The van der Waals surface area contributed by atoms with Gasteiger partial charge in [0.05, 0.1) is 11.1 Å². The van der Waals surface area contributed by atoms with Crippen LogP contribution < -0.4 is 5.73 Å². The number of benzene rings is 2. The largest absolute Gasteiger partial charge is 0.366 e. The highest BCUT2D eigenvalue weighted by Crippen LogP contribution is 2.32. The van der Waals surface area contributed by atoms with Gasteiger partial charge < -0.3 is 15.5 Å². The number of nitrogens with two attached hydrogens (primary N) is 1. The number of carbonyl (C=O) groups is 2. The van der Waals surface area contributed by atoms with E-state index in [-0.39, 0.29) is 5.91 Å². The van der Waals surface area contributed by atoms with Gasteiger partial charge in [0.1, 0.15) is 0 Å². The number of hydrogen-bond donors (Lipinski definition) is 1. The molecule has 0 saturated carbocycles. The summed E-state index contributed by atoms with van der Waals surface area (Å²) in [5, 5.41) is 0. The topological polar surface area (TPSA) is 66.6 Å². The van der Waals surface area contributed by atoms with Crippen LogP contribution in [0.25, 0.3) is 0 Å². The predicted molar refractivity (Wildman–Crippen MR) is 109 cm³/mol. The van der Waals surface area contributed by atoms with E-state index in [0.29, 0.717) is 23.0 Å². The van der Waals surface area contributed by atoms with E-state index in [1.54, 1.807) is 12.1 Å². The number of likely N-dealkylation sites (tertiary alicyclic amines) is 2. The predicted octanol–water partition coefficient (Wildman–Crippen LogP) is 2.34. The number of aryl methyl sites for hydroxylation is 1. The third kappa shape index (κ3) is 3.67. The summed E-state index contributed by atoms with van der Waals surface area (Å²) >= 11 is 0. The maximum absolute atomic E-state index is 13.1. The molecule has 2 aliphatic heterocycles. The summed E-state index contributed by atoms with van der Waals surface area (Å²) < 4.78 is 0. The number of nitrogens with zero attached hydrogens (tertiary/aromatic N) is 2. The normalized spacial score (nSPS) is 21.7. The van der Waals surface area contributed by atoms with Gasteiger partial charge in [0.2, 0.25) is 5.91 Å². The van der Waals surface area contributed by atoms with E-state index in [1.807, 2.05) is 24.0 Å². The van der Waals surface area contributed by atoms with E-state index in [1.165, 1.54) is 5.56 Å². The molecule has 5 heteroatoms.